The van der Waals surface area contributed by atoms with Gasteiger partial charge in [-0.05, 0) is 54.4 Å². The summed E-state index contributed by atoms with van der Waals surface area (Å²) in [4.78, 5) is 24.0. The number of hydrogen-bond acceptors (Lipinski definition) is 4. The van der Waals surface area contributed by atoms with Gasteiger partial charge in [0.25, 0.3) is 10.0 Å². The van der Waals surface area contributed by atoms with E-state index in [4.69, 9.17) is 5.11 Å². The summed E-state index contributed by atoms with van der Waals surface area (Å²) in [6, 6.07) is 10.0. The molecule has 0 fully saturated rings. The number of aromatic carboxylic acids is 1. The van der Waals surface area contributed by atoms with Gasteiger partial charge in [-0.3, -0.25) is 9.52 Å². The van der Waals surface area contributed by atoms with Crippen LogP contribution in [0.5, 0.6) is 0 Å². The molecule has 1 aliphatic heterocycles. The predicted octanol–water partition coefficient (Wildman–Crippen LogP) is 2.09. The standard InChI is InChI=1S/C17H16N2O5S/c1-11(20)19-9-8-13-10-14(4-7-16(13)19)18-25(23,24)15-5-2-12(3-6-15)17(21)22/h2-7,10,18H,8-9H2,1H3,(H,21,22). The average molecular weight is 360 g/mol. The zero-order chi connectivity index (χ0) is 18.2. The molecule has 1 amide bonds. The van der Waals surface area contributed by atoms with Crippen LogP contribution < -0.4 is 9.62 Å². The van der Waals surface area contributed by atoms with Crippen LogP contribution in [0, 0.1) is 0 Å². The molecule has 0 unspecified atom stereocenters. The van der Waals surface area contributed by atoms with E-state index in [1.54, 1.807) is 23.1 Å². The monoisotopic (exact) mass is 360 g/mol. The number of nitrogens with zero attached hydrogens (tertiary/aromatic N) is 1. The molecule has 25 heavy (non-hydrogen) atoms. The van der Waals surface area contributed by atoms with Gasteiger partial charge >= 0.3 is 5.97 Å². The molecule has 0 saturated carbocycles. The van der Waals surface area contributed by atoms with E-state index in [9.17, 15) is 18.0 Å². The van der Waals surface area contributed by atoms with Crippen molar-refractivity contribution in [2.45, 2.75) is 18.2 Å². The van der Waals surface area contributed by atoms with Gasteiger partial charge in [0, 0.05) is 24.8 Å². The number of hydrogen-bond donors (Lipinski definition) is 2. The fourth-order valence-electron chi connectivity index (χ4n) is 2.78. The SMILES string of the molecule is CC(=O)N1CCc2cc(NS(=O)(=O)c3ccc(C(=O)O)cc3)ccc21. The first-order valence-electron chi connectivity index (χ1n) is 7.55. The lowest BCUT2D eigenvalue weighted by Crippen LogP contribution is -2.25. The molecule has 130 valence electrons. The highest BCUT2D eigenvalue weighted by atomic mass is 32.2. The predicted molar refractivity (Wildman–Crippen MR) is 92.4 cm³/mol. The number of benzene rings is 2. The van der Waals surface area contributed by atoms with Crippen LogP contribution in [-0.4, -0.2) is 31.9 Å². The van der Waals surface area contributed by atoms with E-state index >= 15 is 0 Å². The molecule has 0 aliphatic carbocycles. The molecule has 2 aromatic rings. The summed E-state index contributed by atoms with van der Waals surface area (Å²) in [6.07, 6.45) is 0.664. The van der Waals surface area contributed by atoms with Crippen molar-refractivity contribution < 1.29 is 23.1 Å². The fraction of sp³-hybridized carbons (Fsp3) is 0.176. The Bertz CT molecular complexity index is 952. The fourth-order valence-corrected chi connectivity index (χ4v) is 3.83. The number of carbonyl (C=O) groups excluding carboxylic acids is 1. The molecule has 0 bridgehead atoms. The minimum absolute atomic E-state index is 0.0146. The summed E-state index contributed by atoms with van der Waals surface area (Å²) < 4.78 is 27.3. The van der Waals surface area contributed by atoms with Crippen LogP contribution >= 0.6 is 0 Å². The first-order chi connectivity index (χ1) is 11.8. The van der Waals surface area contributed by atoms with Crippen molar-refractivity contribution in [1.29, 1.82) is 0 Å². The van der Waals surface area contributed by atoms with Crippen LogP contribution in [0.25, 0.3) is 0 Å². The van der Waals surface area contributed by atoms with Crippen molar-refractivity contribution in [2.75, 3.05) is 16.2 Å². The first kappa shape index (κ1) is 17.0. The lowest BCUT2D eigenvalue weighted by molar-refractivity contribution is -0.116. The molecular formula is C17H16N2O5S. The highest BCUT2D eigenvalue weighted by molar-refractivity contribution is 7.92. The van der Waals surface area contributed by atoms with Crippen LogP contribution in [0.1, 0.15) is 22.8 Å². The van der Waals surface area contributed by atoms with Crippen LogP contribution in [0.4, 0.5) is 11.4 Å². The van der Waals surface area contributed by atoms with Crippen LogP contribution in [0.2, 0.25) is 0 Å². The molecule has 7 nitrogen and oxygen atoms in total. The van der Waals surface area contributed by atoms with E-state index in [0.29, 0.717) is 18.7 Å². The van der Waals surface area contributed by atoms with Gasteiger partial charge in [-0.15, -0.1) is 0 Å². The number of carboxylic acid groups (broad SMARTS) is 1. The number of carboxylic acids is 1. The first-order valence-corrected chi connectivity index (χ1v) is 9.03. The van der Waals surface area contributed by atoms with Gasteiger partial charge in [-0.1, -0.05) is 0 Å². The van der Waals surface area contributed by atoms with Crippen molar-refractivity contribution >= 4 is 33.3 Å². The smallest absolute Gasteiger partial charge is 0.335 e. The molecule has 0 spiro atoms. The van der Waals surface area contributed by atoms with Crippen LogP contribution in [0.3, 0.4) is 0 Å². The quantitative estimate of drug-likeness (QED) is 0.869. The van der Waals surface area contributed by atoms with Crippen molar-refractivity contribution in [3.8, 4) is 0 Å². The Kier molecular flexibility index (Phi) is 4.22. The Morgan fingerprint density at radius 2 is 1.80 bits per heavy atom. The Morgan fingerprint density at radius 3 is 2.40 bits per heavy atom. The summed E-state index contributed by atoms with van der Waals surface area (Å²) in [7, 11) is -3.83. The Hall–Kier alpha value is -2.87. The molecule has 0 aromatic heterocycles. The molecule has 1 aliphatic rings. The second kappa shape index (κ2) is 6.21. The summed E-state index contributed by atoms with van der Waals surface area (Å²) in [5.41, 5.74) is 2.10. The molecule has 0 radical (unpaired) electrons. The maximum absolute atomic E-state index is 12.4. The van der Waals surface area contributed by atoms with Crippen molar-refractivity contribution in [1.82, 2.24) is 0 Å². The zero-order valence-corrected chi connectivity index (χ0v) is 14.2. The lowest BCUT2D eigenvalue weighted by Gasteiger charge is -2.15. The van der Waals surface area contributed by atoms with Gasteiger partial charge in [-0.2, -0.15) is 0 Å². The third kappa shape index (κ3) is 3.34. The summed E-state index contributed by atoms with van der Waals surface area (Å²) in [5.74, 6) is -1.17. The second-order valence-electron chi connectivity index (χ2n) is 5.70. The maximum atomic E-state index is 12.4. The van der Waals surface area contributed by atoms with E-state index in [1.165, 1.54) is 31.2 Å². The zero-order valence-electron chi connectivity index (χ0n) is 13.4. The van der Waals surface area contributed by atoms with Crippen molar-refractivity contribution in [3.63, 3.8) is 0 Å². The Morgan fingerprint density at radius 1 is 1.12 bits per heavy atom. The number of sulfonamides is 1. The van der Waals surface area contributed by atoms with E-state index in [2.05, 4.69) is 4.72 Å². The van der Waals surface area contributed by atoms with Gasteiger partial charge < -0.3 is 10.0 Å². The molecule has 2 aromatic carbocycles. The number of nitrogens with one attached hydrogen (secondary N) is 1. The molecule has 0 atom stereocenters. The van der Waals surface area contributed by atoms with Gasteiger partial charge in [-0.25, -0.2) is 13.2 Å². The highest BCUT2D eigenvalue weighted by Gasteiger charge is 2.23. The molecule has 1 heterocycles. The number of amides is 1. The molecule has 3 rings (SSSR count). The molecule has 8 heteroatoms. The number of fused-ring (bicyclic) bond motifs is 1. The molecular weight excluding hydrogens is 344 g/mol. The van der Waals surface area contributed by atoms with E-state index < -0.39 is 16.0 Å². The number of anilines is 2. The van der Waals surface area contributed by atoms with Gasteiger partial charge in [0.1, 0.15) is 0 Å². The Balaban J connectivity index is 1.84. The lowest BCUT2D eigenvalue weighted by atomic mass is 10.1. The van der Waals surface area contributed by atoms with Gasteiger partial charge in [0.05, 0.1) is 10.5 Å². The van der Waals surface area contributed by atoms with Crippen LogP contribution in [-0.2, 0) is 21.2 Å². The van der Waals surface area contributed by atoms with Crippen LogP contribution in [0.15, 0.2) is 47.4 Å². The topological polar surface area (TPSA) is 104 Å². The third-order valence-electron chi connectivity index (χ3n) is 4.02. The average Bonchev–Trinajstić information content (AvgIpc) is 2.98. The second-order valence-corrected chi connectivity index (χ2v) is 7.38. The maximum Gasteiger partial charge on any atom is 0.335 e. The normalized spacial score (nSPS) is 13.4. The summed E-state index contributed by atoms with van der Waals surface area (Å²) in [6.45, 7) is 2.07. The third-order valence-corrected chi connectivity index (χ3v) is 5.42. The number of rotatable bonds is 4. The minimum atomic E-state index is -3.83. The van der Waals surface area contributed by atoms with Crippen molar-refractivity contribution in [3.05, 3.63) is 53.6 Å². The van der Waals surface area contributed by atoms with Gasteiger partial charge in [0.15, 0.2) is 0 Å². The van der Waals surface area contributed by atoms with Gasteiger partial charge in [0.2, 0.25) is 5.91 Å². The Labute approximate surface area is 144 Å². The molecule has 2 N–H and O–H groups in total. The minimum Gasteiger partial charge on any atom is -0.478 e. The van der Waals surface area contributed by atoms with E-state index in [1.807, 2.05) is 0 Å². The van der Waals surface area contributed by atoms with E-state index in [0.717, 1.165) is 11.3 Å². The largest absolute Gasteiger partial charge is 0.478 e. The van der Waals surface area contributed by atoms with Crippen molar-refractivity contribution in [2.24, 2.45) is 0 Å². The number of carbonyl (C=O) groups is 2. The van der Waals surface area contributed by atoms with E-state index in [-0.39, 0.29) is 16.4 Å². The highest BCUT2D eigenvalue weighted by Crippen LogP contribution is 2.31. The summed E-state index contributed by atoms with van der Waals surface area (Å²) in [5, 5.41) is 8.87. The molecule has 0 saturated heterocycles. The summed E-state index contributed by atoms with van der Waals surface area (Å²) >= 11 is 0.